The molecule has 1 N–H and O–H groups in total. The number of halogens is 1. The minimum atomic E-state index is -0.299. The van der Waals surface area contributed by atoms with Crippen LogP contribution in [0, 0.1) is 5.82 Å². The second kappa shape index (κ2) is 8.37. The third-order valence-corrected chi connectivity index (χ3v) is 6.56. The molecule has 0 bridgehead atoms. The van der Waals surface area contributed by atoms with Crippen molar-refractivity contribution in [3.8, 4) is 21.1 Å². The van der Waals surface area contributed by atoms with Crippen molar-refractivity contribution >= 4 is 39.6 Å². The fourth-order valence-electron chi connectivity index (χ4n) is 3.25. The highest BCUT2D eigenvalue weighted by molar-refractivity contribution is 7.14. The molecule has 5 rings (SSSR count). The number of nitrogens with one attached hydrogen (secondary N) is 1. The first-order chi connectivity index (χ1) is 15.2. The fraction of sp³-hybridized carbons (Fsp3) is 0.0417. The number of carbonyl (C=O) groups is 1. The molecule has 152 valence electrons. The lowest BCUT2D eigenvalue weighted by Crippen LogP contribution is -2.22. The summed E-state index contributed by atoms with van der Waals surface area (Å²) >= 11 is 3.23. The molecule has 0 fully saturated rings. The highest BCUT2D eigenvalue weighted by atomic mass is 32.1. The van der Waals surface area contributed by atoms with E-state index in [4.69, 9.17) is 9.97 Å². The number of amides is 1. The summed E-state index contributed by atoms with van der Waals surface area (Å²) in [7, 11) is 0. The predicted molar refractivity (Wildman–Crippen MR) is 124 cm³/mol. The zero-order chi connectivity index (χ0) is 21.2. The van der Waals surface area contributed by atoms with Crippen molar-refractivity contribution in [1.29, 1.82) is 0 Å². The molecule has 2 aromatic carbocycles. The van der Waals surface area contributed by atoms with Gasteiger partial charge < -0.3 is 5.32 Å². The second-order valence-electron chi connectivity index (χ2n) is 6.89. The fourth-order valence-corrected chi connectivity index (χ4v) is 4.68. The van der Waals surface area contributed by atoms with Crippen LogP contribution in [-0.2, 0) is 6.54 Å². The topological polar surface area (TPSA) is 54.9 Å². The predicted octanol–water partition coefficient (Wildman–Crippen LogP) is 6.16. The lowest BCUT2D eigenvalue weighted by molar-refractivity contribution is 0.0951. The quantitative estimate of drug-likeness (QED) is 0.353. The Morgan fingerprint density at radius 2 is 1.48 bits per heavy atom. The Hall–Kier alpha value is -3.42. The van der Waals surface area contributed by atoms with Gasteiger partial charge in [-0.1, -0.05) is 24.3 Å². The molecule has 5 aromatic rings. The summed E-state index contributed by atoms with van der Waals surface area (Å²) in [5.41, 5.74) is 4.39. The molecule has 0 unspecified atom stereocenters. The molecule has 0 aliphatic carbocycles. The molecule has 3 aromatic heterocycles. The monoisotopic (exact) mass is 445 g/mol. The van der Waals surface area contributed by atoms with Crippen molar-refractivity contribution < 1.29 is 9.18 Å². The summed E-state index contributed by atoms with van der Waals surface area (Å²) in [6.07, 6.45) is 0. The maximum absolute atomic E-state index is 13.1. The van der Waals surface area contributed by atoms with Crippen LogP contribution in [0.25, 0.3) is 32.2 Å². The summed E-state index contributed by atoms with van der Waals surface area (Å²) in [5.74, 6) is -0.514. The minimum Gasteiger partial charge on any atom is -0.348 e. The van der Waals surface area contributed by atoms with Crippen LogP contribution in [-0.4, -0.2) is 15.9 Å². The minimum absolute atomic E-state index is 0.215. The smallest absolute Gasteiger partial charge is 0.251 e. The third-order valence-electron chi connectivity index (χ3n) is 4.80. The number of thiophene rings is 2. The molecule has 3 heterocycles. The standard InChI is InChI=1S/C24H16FN3OS2/c25-17-8-5-15(6-9-17)14-26-24(29)16-7-10-18-19(13-16)28-23(21-4-2-12-31-21)22(27-18)20-3-1-11-30-20/h1-13H,14H2,(H,26,29). The molecule has 7 heteroatoms. The van der Waals surface area contributed by atoms with Gasteiger partial charge in [0.2, 0.25) is 0 Å². The first-order valence-corrected chi connectivity index (χ1v) is 11.4. The molecular weight excluding hydrogens is 429 g/mol. The van der Waals surface area contributed by atoms with E-state index in [1.54, 1.807) is 46.9 Å². The van der Waals surface area contributed by atoms with Crippen molar-refractivity contribution in [2.75, 3.05) is 0 Å². The number of aromatic nitrogens is 2. The van der Waals surface area contributed by atoms with Gasteiger partial charge in [0.15, 0.2) is 0 Å². The van der Waals surface area contributed by atoms with Gasteiger partial charge in [0.05, 0.1) is 20.8 Å². The summed E-state index contributed by atoms with van der Waals surface area (Å²) in [6, 6.07) is 19.5. The number of rotatable bonds is 5. The summed E-state index contributed by atoms with van der Waals surface area (Å²) in [6.45, 7) is 0.320. The van der Waals surface area contributed by atoms with E-state index < -0.39 is 0 Å². The van der Waals surface area contributed by atoms with Crippen LogP contribution in [0.1, 0.15) is 15.9 Å². The molecule has 0 radical (unpaired) electrons. The van der Waals surface area contributed by atoms with Gasteiger partial charge in [-0.15, -0.1) is 22.7 Å². The van der Waals surface area contributed by atoms with E-state index in [0.717, 1.165) is 32.2 Å². The number of hydrogen-bond donors (Lipinski definition) is 1. The molecule has 4 nitrogen and oxygen atoms in total. The van der Waals surface area contributed by atoms with Crippen LogP contribution in [0.15, 0.2) is 77.5 Å². The Balaban J connectivity index is 1.48. The molecule has 0 spiro atoms. The Bertz CT molecular complexity index is 1350. The van der Waals surface area contributed by atoms with Crippen LogP contribution >= 0.6 is 22.7 Å². The van der Waals surface area contributed by atoms with E-state index >= 15 is 0 Å². The van der Waals surface area contributed by atoms with Gasteiger partial charge in [0.25, 0.3) is 5.91 Å². The Kier molecular flexibility index (Phi) is 5.28. The largest absolute Gasteiger partial charge is 0.348 e. The van der Waals surface area contributed by atoms with Crippen LogP contribution < -0.4 is 5.32 Å². The number of carbonyl (C=O) groups excluding carboxylic acids is 1. The van der Waals surface area contributed by atoms with Gasteiger partial charge in [-0.3, -0.25) is 4.79 Å². The van der Waals surface area contributed by atoms with Crippen LogP contribution in [0.2, 0.25) is 0 Å². The van der Waals surface area contributed by atoms with E-state index in [9.17, 15) is 9.18 Å². The van der Waals surface area contributed by atoms with E-state index in [1.165, 1.54) is 12.1 Å². The Morgan fingerprint density at radius 3 is 2.10 bits per heavy atom. The zero-order valence-corrected chi connectivity index (χ0v) is 17.8. The summed E-state index contributed by atoms with van der Waals surface area (Å²) in [4.78, 5) is 24.5. The molecule has 0 atom stereocenters. The molecule has 1 amide bonds. The van der Waals surface area contributed by atoms with Crippen LogP contribution in [0.4, 0.5) is 4.39 Å². The molecular formula is C24H16FN3OS2. The van der Waals surface area contributed by atoms with Crippen molar-refractivity contribution in [3.63, 3.8) is 0 Å². The first-order valence-electron chi connectivity index (χ1n) is 9.59. The van der Waals surface area contributed by atoms with Gasteiger partial charge in [-0.05, 0) is 58.8 Å². The zero-order valence-electron chi connectivity index (χ0n) is 16.2. The van der Waals surface area contributed by atoms with E-state index in [-0.39, 0.29) is 11.7 Å². The lowest BCUT2D eigenvalue weighted by atomic mass is 10.1. The molecule has 31 heavy (non-hydrogen) atoms. The molecule has 0 saturated heterocycles. The van der Waals surface area contributed by atoms with Crippen LogP contribution in [0.3, 0.4) is 0 Å². The lowest BCUT2D eigenvalue weighted by Gasteiger charge is -2.09. The maximum atomic E-state index is 13.1. The molecule has 0 aliphatic heterocycles. The van der Waals surface area contributed by atoms with E-state index in [1.807, 2.05) is 41.1 Å². The van der Waals surface area contributed by atoms with Gasteiger partial charge in [0, 0.05) is 12.1 Å². The van der Waals surface area contributed by atoms with Gasteiger partial charge in [-0.25, -0.2) is 14.4 Å². The average Bonchev–Trinajstić information content (AvgIpc) is 3.52. The van der Waals surface area contributed by atoms with Gasteiger partial charge >= 0.3 is 0 Å². The maximum Gasteiger partial charge on any atom is 0.251 e. The average molecular weight is 446 g/mol. The van der Waals surface area contributed by atoms with Crippen molar-refractivity contribution in [1.82, 2.24) is 15.3 Å². The van der Waals surface area contributed by atoms with E-state index in [0.29, 0.717) is 17.6 Å². The SMILES string of the molecule is O=C(NCc1ccc(F)cc1)c1ccc2nc(-c3cccs3)c(-c3cccs3)nc2c1. The van der Waals surface area contributed by atoms with Crippen molar-refractivity contribution in [3.05, 3.63) is 94.4 Å². The number of hydrogen-bond acceptors (Lipinski definition) is 5. The van der Waals surface area contributed by atoms with Gasteiger partial charge in [-0.2, -0.15) is 0 Å². The normalized spacial score (nSPS) is 11.0. The van der Waals surface area contributed by atoms with E-state index in [2.05, 4.69) is 5.32 Å². The van der Waals surface area contributed by atoms with Crippen LogP contribution in [0.5, 0.6) is 0 Å². The molecule has 0 saturated carbocycles. The summed E-state index contributed by atoms with van der Waals surface area (Å²) in [5, 5.41) is 6.90. The Labute approximate surface area is 186 Å². The highest BCUT2D eigenvalue weighted by Gasteiger charge is 2.16. The Morgan fingerprint density at radius 1 is 0.839 bits per heavy atom. The highest BCUT2D eigenvalue weighted by Crippen LogP contribution is 2.35. The number of benzene rings is 2. The number of fused-ring (bicyclic) bond motifs is 1. The van der Waals surface area contributed by atoms with Crippen molar-refractivity contribution in [2.45, 2.75) is 6.54 Å². The molecule has 0 aliphatic rings. The second-order valence-corrected chi connectivity index (χ2v) is 8.78. The number of nitrogens with zero attached hydrogens (tertiary/aromatic N) is 2. The van der Waals surface area contributed by atoms with Crippen molar-refractivity contribution in [2.24, 2.45) is 0 Å². The first kappa shape index (κ1) is 19.5. The third kappa shape index (κ3) is 4.10. The van der Waals surface area contributed by atoms with Gasteiger partial charge in [0.1, 0.15) is 17.2 Å². The summed E-state index contributed by atoms with van der Waals surface area (Å²) < 4.78 is 13.1.